The molecule has 0 aliphatic carbocycles. The molecule has 0 aromatic heterocycles. The third-order valence-electron chi connectivity index (χ3n) is 6.59. The Kier molecular flexibility index (Phi) is 11.0. The normalized spacial score (nSPS) is 16.0. The predicted molar refractivity (Wildman–Crippen MR) is 125 cm³/mol. The fraction of sp³-hybridized carbons (Fsp3) is 0.769. The molecule has 1 aliphatic heterocycles. The van der Waals surface area contributed by atoms with Crippen molar-refractivity contribution in [1.82, 2.24) is 0 Å². The highest BCUT2D eigenvalue weighted by molar-refractivity contribution is 5.55. The second kappa shape index (κ2) is 13.2. The van der Waals surface area contributed by atoms with Crippen molar-refractivity contribution in [2.75, 3.05) is 18.0 Å². The number of unbranched alkanes of at least 4 members (excludes halogenated alkanes) is 7. The monoisotopic (exact) mass is 386 g/mol. The number of nitrogens with two attached hydrogens (primary N) is 1. The number of hydrogen-bond acceptors (Lipinski definition) is 2. The molecule has 0 fully saturated rings. The van der Waals surface area contributed by atoms with Gasteiger partial charge in [-0.1, -0.05) is 89.8 Å². The number of para-hydroxylation sites is 1. The van der Waals surface area contributed by atoms with E-state index in [-0.39, 0.29) is 5.54 Å². The average Bonchev–Trinajstić information content (AvgIpc) is 2.71. The summed E-state index contributed by atoms with van der Waals surface area (Å²) in [5.74, 6) is 0. The van der Waals surface area contributed by atoms with E-state index in [9.17, 15) is 0 Å². The van der Waals surface area contributed by atoms with E-state index in [0.29, 0.717) is 0 Å². The Morgan fingerprint density at radius 2 is 1.50 bits per heavy atom. The van der Waals surface area contributed by atoms with Gasteiger partial charge >= 0.3 is 0 Å². The molecule has 0 spiro atoms. The Morgan fingerprint density at radius 3 is 2.25 bits per heavy atom. The first-order valence-electron chi connectivity index (χ1n) is 12.3. The molecule has 1 heterocycles. The summed E-state index contributed by atoms with van der Waals surface area (Å²) in [6.45, 7) is 7.03. The summed E-state index contributed by atoms with van der Waals surface area (Å²) in [4.78, 5) is 2.61. The summed E-state index contributed by atoms with van der Waals surface area (Å²) in [5.41, 5.74) is 9.84. The minimum Gasteiger partial charge on any atom is -0.371 e. The number of hydrogen-bond donors (Lipinski definition) is 1. The van der Waals surface area contributed by atoms with E-state index in [4.69, 9.17) is 5.73 Å². The quantitative estimate of drug-likeness (QED) is 0.322. The Hall–Kier alpha value is -1.02. The third kappa shape index (κ3) is 8.15. The maximum Gasteiger partial charge on any atom is 0.0398 e. The van der Waals surface area contributed by atoms with Gasteiger partial charge in [0.2, 0.25) is 0 Å². The highest BCUT2D eigenvalue weighted by atomic mass is 15.1. The van der Waals surface area contributed by atoms with E-state index in [2.05, 4.69) is 43.0 Å². The van der Waals surface area contributed by atoms with Crippen LogP contribution in [-0.4, -0.2) is 18.6 Å². The van der Waals surface area contributed by atoms with Gasteiger partial charge in [0.25, 0.3) is 0 Å². The molecule has 0 amide bonds. The molecule has 2 N–H and O–H groups in total. The summed E-state index contributed by atoms with van der Waals surface area (Å²) in [6, 6.07) is 8.99. The first-order valence-corrected chi connectivity index (χ1v) is 12.3. The Morgan fingerprint density at radius 1 is 0.821 bits per heavy atom. The van der Waals surface area contributed by atoms with Crippen LogP contribution in [0.2, 0.25) is 0 Å². The zero-order chi connectivity index (χ0) is 20.1. The van der Waals surface area contributed by atoms with Crippen LogP contribution in [0.5, 0.6) is 0 Å². The van der Waals surface area contributed by atoms with E-state index in [0.717, 1.165) is 0 Å². The summed E-state index contributed by atoms with van der Waals surface area (Å²) in [6.07, 6.45) is 19.6. The minimum atomic E-state index is 0.121. The van der Waals surface area contributed by atoms with Gasteiger partial charge in [-0.15, -0.1) is 0 Å². The van der Waals surface area contributed by atoms with Gasteiger partial charge in [-0.2, -0.15) is 0 Å². The third-order valence-corrected chi connectivity index (χ3v) is 6.59. The van der Waals surface area contributed by atoms with Gasteiger partial charge in [-0.3, -0.25) is 0 Å². The molecule has 0 saturated carbocycles. The second-order valence-corrected chi connectivity index (χ2v) is 9.16. The van der Waals surface area contributed by atoms with E-state index < -0.39 is 0 Å². The van der Waals surface area contributed by atoms with Crippen LogP contribution < -0.4 is 10.6 Å². The molecular formula is C26H46N2. The van der Waals surface area contributed by atoms with Crippen LogP contribution in [-0.2, 0) is 6.42 Å². The van der Waals surface area contributed by atoms with E-state index >= 15 is 0 Å². The van der Waals surface area contributed by atoms with Crippen LogP contribution in [0.15, 0.2) is 24.3 Å². The van der Waals surface area contributed by atoms with Gasteiger partial charge in [-0.25, -0.2) is 0 Å². The number of rotatable bonds is 15. The Bertz CT molecular complexity index is 527. The number of fused-ring (bicyclic) bond motifs is 1. The number of nitrogens with zero attached hydrogens (tertiary/aromatic N) is 1. The summed E-state index contributed by atoms with van der Waals surface area (Å²) in [7, 11) is 0. The van der Waals surface area contributed by atoms with Crippen LogP contribution in [0.4, 0.5) is 5.69 Å². The van der Waals surface area contributed by atoms with Gasteiger partial charge in [-0.05, 0) is 50.2 Å². The second-order valence-electron chi connectivity index (χ2n) is 9.16. The van der Waals surface area contributed by atoms with E-state index in [1.807, 2.05) is 0 Å². The Balaban J connectivity index is 1.51. The molecule has 1 aromatic carbocycles. The molecule has 1 aromatic rings. The highest BCUT2D eigenvalue weighted by Gasteiger charge is 2.22. The first kappa shape index (κ1) is 23.3. The van der Waals surface area contributed by atoms with Crippen molar-refractivity contribution in [2.24, 2.45) is 5.73 Å². The summed E-state index contributed by atoms with van der Waals surface area (Å²) in [5, 5.41) is 0. The van der Waals surface area contributed by atoms with Crippen molar-refractivity contribution in [1.29, 1.82) is 0 Å². The molecular weight excluding hydrogens is 340 g/mol. The van der Waals surface area contributed by atoms with Crippen LogP contribution in [0, 0.1) is 0 Å². The van der Waals surface area contributed by atoms with E-state index in [1.54, 1.807) is 5.56 Å². The summed E-state index contributed by atoms with van der Waals surface area (Å²) < 4.78 is 0. The molecule has 2 heteroatoms. The van der Waals surface area contributed by atoms with Gasteiger partial charge in [0.15, 0.2) is 0 Å². The molecule has 0 radical (unpaired) electrons. The standard InChI is InChI=1S/C26H46N2/c1-3-5-20-26(27,19-4-2)21-13-9-7-6-8-10-14-22-28-23-15-17-24-16-11-12-18-25(24)28/h11-12,16,18H,3-10,13-15,17,19-23,27H2,1-2H3. The van der Waals surface area contributed by atoms with Crippen molar-refractivity contribution in [3.05, 3.63) is 29.8 Å². The van der Waals surface area contributed by atoms with Gasteiger partial charge in [0.1, 0.15) is 0 Å². The van der Waals surface area contributed by atoms with Gasteiger partial charge in [0, 0.05) is 24.3 Å². The number of aryl methyl sites for hydroxylation is 1. The Labute approximate surface area is 175 Å². The zero-order valence-corrected chi connectivity index (χ0v) is 18.9. The lowest BCUT2D eigenvalue weighted by Crippen LogP contribution is -2.39. The highest BCUT2D eigenvalue weighted by Crippen LogP contribution is 2.27. The van der Waals surface area contributed by atoms with Crippen molar-refractivity contribution in [3.63, 3.8) is 0 Å². The van der Waals surface area contributed by atoms with E-state index in [1.165, 1.54) is 115 Å². The average molecular weight is 387 g/mol. The molecule has 160 valence electrons. The van der Waals surface area contributed by atoms with Crippen LogP contribution in [0.25, 0.3) is 0 Å². The van der Waals surface area contributed by atoms with Crippen LogP contribution >= 0.6 is 0 Å². The van der Waals surface area contributed by atoms with Crippen molar-refractivity contribution in [3.8, 4) is 0 Å². The van der Waals surface area contributed by atoms with Crippen molar-refractivity contribution < 1.29 is 0 Å². The minimum absolute atomic E-state index is 0.121. The van der Waals surface area contributed by atoms with Crippen LogP contribution in [0.3, 0.4) is 0 Å². The summed E-state index contributed by atoms with van der Waals surface area (Å²) >= 11 is 0. The van der Waals surface area contributed by atoms with Crippen molar-refractivity contribution >= 4 is 5.69 Å². The number of benzene rings is 1. The molecule has 28 heavy (non-hydrogen) atoms. The zero-order valence-electron chi connectivity index (χ0n) is 18.9. The lowest BCUT2D eigenvalue weighted by atomic mass is 9.84. The molecule has 1 atom stereocenters. The molecule has 0 saturated heterocycles. The molecule has 1 unspecified atom stereocenters. The molecule has 1 aliphatic rings. The smallest absolute Gasteiger partial charge is 0.0398 e. The maximum absolute atomic E-state index is 6.68. The SMILES string of the molecule is CCCCC(N)(CCC)CCCCCCCCCN1CCCc2ccccc21. The van der Waals surface area contributed by atoms with Crippen LogP contribution in [0.1, 0.15) is 109 Å². The lowest BCUT2D eigenvalue weighted by molar-refractivity contribution is 0.314. The topological polar surface area (TPSA) is 29.3 Å². The van der Waals surface area contributed by atoms with Gasteiger partial charge < -0.3 is 10.6 Å². The largest absolute Gasteiger partial charge is 0.371 e. The molecule has 2 nitrogen and oxygen atoms in total. The maximum atomic E-state index is 6.68. The van der Waals surface area contributed by atoms with Gasteiger partial charge in [0.05, 0.1) is 0 Å². The molecule has 0 bridgehead atoms. The fourth-order valence-corrected chi connectivity index (χ4v) is 4.91. The molecule has 2 rings (SSSR count). The lowest BCUT2D eigenvalue weighted by Gasteiger charge is -2.31. The fourth-order valence-electron chi connectivity index (χ4n) is 4.91. The van der Waals surface area contributed by atoms with Crippen molar-refractivity contribution in [2.45, 2.75) is 116 Å². The predicted octanol–water partition coefficient (Wildman–Crippen LogP) is 7.25. The number of anilines is 1. The first-order chi connectivity index (χ1) is 13.7.